The van der Waals surface area contributed by atoms with Crippen LogP contribution in [0.15, 0.2) is 18.2 Å². The average Bonchev–Trinajstić information content (AvgIpc) is 2.94. The molecule has 3 rings (SSSR count). The molecule has 0 bridgehead atoms. The van der Waals surface area contributed by atoms with Crippen molar-refractivity contribution in [3.05, 3.63) is 41.0 Å². The number of fused-ring (bicyclic) bond motifs is 1. The van der Waals surface area contributed by atoms with Gasteiger partial charge in [0.1, 0.15) is 18.2 Å². The van der Waals surface area contributed by atoms with Gasteiger partial charge in [0, 0.05) is 13.1 Å². The van der Waals surface area contributed by atoms with Gasteiger partial charge in [-0.05, 0) is 37.0 Å². The van der Waals surface area contributed by atoms with E-state index >= 15 is 0 Å². The number of rotatable bonds is 3. The van der Waals surface area contributed by atoms with Crippen LogP contribution in [0.1, 0.15) is 35.2 Å². The van der Waals surface area contributed by atoms with E-state index in [-0.39, 0.29) is 6.04 Å². The predicted molar refractivity (Wildman–Crippen MR) is 71.8 cm³/mol. The molecule has 2 N–H and O–H groups in total. The number of nitrogens with zero attached hydrogens (tertiary/aromatic N) is 3. The highest BCUT2D eigenvalue weighted by Crippen LogP contribution is 2.35. The zero-order valence-corrected chi connectivity index (χ0v) is 11.3. The van der Waals surface area contributed by atoms with Gasteiger partial charge in [-0.3, -0.25) is 0 Å². The van der Waals surface area contributed by atoms with E-state index in [0.29, 0.717) is 6.61 Å². The summed E-state index contributed by atoms with van der Waals surface area (Å²) < 4.78 is 7.84. The van der Waals surface area contributed by atoms with Gasteiger partial charge in [-0.25, -0.2) is 0 Å². The van der Waals surface area contributed by atoms with E-state index in [9.17, 15) is 0 Å². The lowest BCUT2D eigenvalue weighted by Gasteiger charge is -2.11. The van der Waals surface area contributed by atoms with Crippen LogP contribution in [-0.2, 0) is 20.1 Å². The monoisotopic (exact) mass is 258 g/mol. The first-order valence-corrected chi connectivity index (χ1v) is 6.52. The van der Waals surface area contributed by atoms with Crippen molar-refractivity contribution < 1.29 is 4.74 Å². The van der Waals surface area contributed by atoms with Gasteiger partial charge in [-0.2, -0.15) is 0 Å². The first-order chi connectivity index (χ1) is 9.16. The Balaban J connectivity index is 1.80. The van der Waals surface area contributed by atoms with E-state index in [1.807, 2.05) is 30.7 Å². The second-order valence-corrected chi connectivity index (χ2v) is 4.98. The van der Waals surface area contributed by atoms with Gasteiger partial charge in [0.2, 0.25) is 0 Å². The Labute approximate surface area is 112 Å². The van der Waals surface area contributed by atoms with Crippen LogP contribution in [0.3, 0.4) is 0 Å². The van der Waals surface area contributed by atoms with E-state index < -0.39 is 0 Å². The van der Waals surface area contributed by atoms with Crippen LogP contribution in [0.4, 0.5) is 0 Å². The maximum Gasteiger partial charge on any atom is 0.170 e. The molecular weight excluding hydrogens is 240 g/mol. The van der Waals surface area contributed by atoms with E-state index in [1.54, 1.807) is 0 Å². The van der Waals surface area contributed by atoms with Gasteiger partial charge < -0.3 is 15.0 Å². The number of hydrogen-bond acceptors (Lipinski definition) is 4. The third kappa shape index (κ3) is 2.10. The number of aromatic nitrogens is 3. The molecule has 1 unspecified atom stereocenters. The van der Waals surface area contributed by atoms with Crippen molar-refractivity contribution in [2.75, 3.05) is 0 Å². The summed E-state index contributed by atoms with van der Waals surface area (Å²) in [6.45, 7) is 2.36. The Morgan fingerprint density at radius 2 is 2.26 bits per heavy atom. The summed E-state index contributed by atoms with van der Waals surface area (Å²) in [5.74, 6) is 2.64. The summed E-state index contributed by atoms with van der Waals surface area (Å²) in [5.41, 5.74) is 8.53. The minimum absolute atomic E-state index is 0.149. The molecule has 5 heteroatoms. The quantitative estimate of drug-likeness (QED) is 0.909. The smallest absolute Gasteiger partial charge is 0.170 e. The van der Waals surface area contributed by atoms with Crippen molar-refractivity contribution in [2.45, 2.75) is 32.4 Å². The molecule has 0 radical (unpaired) electrons. The van der Waals surface area contributed by atoms with Crippen molar-refractivity contribution in [1.82, 2.24) is 14.8 Å². The Hall–Kier alpha value is -1.88. The molecule has 0 aliphatic heterocycles. The predicted octanol–water partition coefficient (Wildman–Crippen LogP) is 1.65. The molecule has 1 heterocycles. The number of aryl methyl sites for hydroxylation is 1. The Kier molecular flexibility index (Phi) is 2.98. The summed E-state index contributed by atoms with van der Waals surface area (Å²) >= 11 is 0. The maximum absolute atomic E-state index is 6.07. The number of benzene rings is 1. The van der Waals surface area contributed by atoms with Gasteiger partial charge in [0.05, 0.1) is 0 Å². The molecule has 0 spiro atoms. The fraction of sp³-hybridized carbons (Fsp3) is 0.429. The first-order valence-electron chi connectivity index (χ1n) is 6.52. The number of ether oxygens (including phenoxy) is 1. The van der Waals surface area contributed by atoms with Crippen molar-refractivity contribution in [2.24, 2.45) is 12.8 Å². The highest BCUT2D eigenvalue weighted by atomic mass is 16.5. The zero-order valence-electron chi connectivity index (χ0n) is 11.3. The third-order valence-corrected chi connectivity index (χ3v) is 3.81. The minimum atomic E-state index is 0.149. The van der Waals surface area contributed by atoms with Crippen LogP contribution in [-0.4, -0.2) is 14.8 Å². The topological polar surface area (TPSA) is 66.0 Å². The number of nitrogens with two attached hydrogens (primary N) is 1. The normalized spacial score (nSPS) is 17.5. The molecule has 1 aliphatic rings. The summed E-state index contributed by atoms with van der Waals surface area (Å²) in [7, 11) is 1.94. The van der Waals surface area contributed by atoms with Crippen LogP contribution < -0.4 is 10.5 Å². The average molecular weight is 258 g/mol. The fourth-order valence-electron chi connectivity index (χ4n) is 2.51. The second-order valence-electron chi connectivity index (χ2n) is 4.98. The van der Waals surface area contributed by atoms with Gasteiger partial charge in [-0.1, -0.05) is 12.1 Å². The van der Waals surface area contributed by atoms with Gasteiger partial charge >= 0.3 is 0 Å². The van der Waals surface area contributed by atoms with E-state index in [2.05, 4.69) is 16.3 Å². The highest BCUT2D eigenvalue weighted by molar-refractivity contribution is 5.44. The zero-order chi connectivity index (χ0) is 13.4. The highest BCUT2D eigenvalue weighted by Gasteiger charge is 2.22. The molecule has 1 aromatic heterocycles. The molecule has 0 saturated heterocycles. The summed E-state index contributed by atoms with van der Waals surface area (Å²) in [6, 6.07) is 6.24. The third-order valence-electron chi connectivity index (χ3n) is 3.81. The lowest BCUT2D eigenvalue weighted by molar-refractivity contribution is 0.288. The maximum atomic E-state index is 6.07. The van der Waals surface area contributed by atoms with Crippen LogP contribution in [0.25, 0.3) is 0 Å². The Bertz CT molecular complexity index is 605. The van der Waals surface area contributed by atoms with Crippen molar-refractivity contribution in [3.8, 4) is 5.75 Å². The van der Waals surface area contributed by atoms with Crippen LogP contribution in [0.2, 0.25) is 0 Å². The molecule has 2 aromatic rings. The first kappa shape index (κ1) is 12.2. The van der Waals surface area contributed by atoms with Gasteiger partial charge in [0.15, 0.2) is 5.82 Å². The van der Waals surface area contributed by atoms with E-state index in [0.717, 1.165) is 30.2 Å². The fourth-order valence-corrected chi connectivity index (χ4v) is 2.51. The standard InChI is InChI=1S/C14H18N4O/c1-9-16-17-14(18(9)2)8-19-13-5-3-4-10-11(13)6-7-12(10)15/h3-5,12H,6-8,15H2,1-2H3. The lowest BCUT2D eigenvalue weighted by Crippen LogP contribution is -2.07. The molecule has 1 atom stereocenters. The van der Waals surface area contributed by atoms with Crippen molar-refractivity contribution >= 4 is 0 Å². The van der Waals surface area contributed by atoms with Gasteiger partial charge in [0.25, 0.3) is 0 Å². The van der Waals surface area contributed by atoms with Crippen LogP contribution in [0.5, 0.6) is 5.75 Å². The van der Waals surface area contributed by atoms with Crippen molar-refractivity contribution in [3.63, 3.8) is 0 Å². The van der Waals surface area contributed by atoms with E-state index in [1.165, 1.54) is 11.1 Å². The molecule has 0 saturated carbocycles. The SMILES string of the molecule is Cc1nnc(COc2cccc3c2CCC3N)n1C. The summed E-state index contributed by atoms with van der Waals surface area (Å²) in [4.78, 5) is 0. The number of hydrogen-bond donors (Lipinski definition) is 1. The molecule has 0 amide bonds. The van der Waals surface area contributed by atoms with Crippen LogP contribution >= 0.6 is 0 Å². The van der Waals surface area contributed by atoms with Crippen LogP contribution in [0, 0.1) is 6.92 Å². The van der Waals surface area contributed by atoms with E-state index in [4.69, 9.17) is 10.5 Å². The lowest BCUT2D eigenvalue weighted by atomic mass is 10.1. The van der Waals surface area contributed by atoms with Crippen molar-refractivity contribution in [1.29, 1.82) is 0 Å². The summed E-state index contributed by atoms with van der Waals surface area (Å²) in [5, 5.41) is 8.13. The molecule has 5 nitrogen and oxygen atoms in total. The summed E-state index contributed by atoms with van der Waals surface area (Å²) in [6.07, 6.45) is 1.99. The Morgan fingerprint density at radius 1 is 1.42 bits per heavy atom. The molecule has 1 aliphatic carbocycles. The molecule has 0 fully saturated rings. The minimum Gasteiger partial charge on any atom is -0.485 e. The molecule has 1 aromatic carbocycles. The molecular formula is C14H18N4O. The molecule has 100 valence electrons. The molecule has 19 heavy (non-hydrogen) atoms. The van der Waals surface area contributed by atoms with Gasteiger partial charge in [-0.15, -0.1) is 10.2 Å². The second kappa shape index (κ2) is 4.66. The largest absolute Gasteiger partial charge is 0.485 e. The Morgan fingerprint density at radius 3 is 3.00 bits per heavy atom.